The van der Waals surface area contributed by atoms with Gasteiger partial charge in [-0.1, -0.05) is 6.42 Å². The number of aromatic nitrogens is 2. The molecule has 1 fully saturated rings. The maximum absolute atomic E-state index is 11.8. The lowest BCUT2D eigenvalue weighted by atomic mass is 9.85. The SMILES string of the molecule is CC1(C(=O)O)CCCC1NC(=O)NCc1ccncn1. The van der Waals surface area contributed by atoms with Gasteiger partial charge in [-0.05, 0) is 25.8 Å². The third kappa shape index (κ3) is 3.04. The minimum Gasteiger partial charge on any atom is -0.481 e. The summed E-state index contributed by atoms with van der Waals surface area (Å²) in [7, 11) is 0. The number of carboxylic acids is 1. The molecule has 3 N–H and O–H groups in total. The largest absolute Gasteiger partial charge is 0.481 e. The van der Waals surface area contributed by atoms with Crippen molar-refractivity contribution in [2.75, 3.05) is 0 Å². The van der Waals surface area contributed by atoms with Gasteiger partial charge in [0.15, 0.2) is 0 Å². The molecule has 7 nitrogen and oxygen atoms in total. The van der Waals surface area contributed by atoms with Crippen molar-refractivity contribution in [3.63, 3.8) is 0 Å². The van der Waals surface area contributed by atoms with E-state index in [1.807, 2.05) is 0 Å². The van der Waals surface area contributed by atoms with Crippen LogP contribution in [-0.4, -0.2) is 33.1 Å². The molecule has 0 spiro atoms. The Hall–Kier alpha value is -2.18. The van der Waals surface area contributed by atoms with Crippen molar-refractivity contribution >= 4 is 12.0 Å². The molecule has 2 unspecified atom stereocenters. The summed E-state index contributed by atoms with van der Waals surface area (Å²) >= 11 is 0. The first-order chi connectivity index (χ1) is 9.52. The second-order valence-electron chi connectivity index (χ2n) is 5.20. The van der Waals surface area contributed by atoms with Crippen LogP contribution in [0.4, 0.5) is 4.79 Å². The first-order valence-electron chi connectivity index (χ1n) is 6.55. The molecule has 108 valence electrons. The van der Waals surface area contributed by atoms with Crippen LogP contribution in [0.5, 0.6) is 0 Å². The molecule has 1 heterocycles. The topological polar surface area (TPSA) is 104 Å². The number of hydrogen-bond acceptors (Lipinski definition) is 4. The molecule has 2 amide bonds. The van der Waals surface area contributed by atoms with Gasteiger partial charge >= 0.3 is 12.0 Å². The highest BCUT2D eigenvalue weighted by molar-refractivity contribution is 5.79. The zero-order valence-electron chi connectivity index (χ0n) is 11.3. The highest BCUT2D eigenvalue weighted by Crippen LogP contribution is 2.38. The van der Waals surface area contributed by atoms with Crippen molar-refractivity contribution in [3.8, 4) is 0 Å². The number of nitrogens with zero attached hydrogens (tertiary/aromatic N) is 2. The number of carbonyl (C=O) groups excluding carboxylic acids is 1. The highest BCUT2D eigenvalue weighted by atomic mass is 16.4. The molecule has 2 atom stereocenters. The zero-order chi connectivity index (χ0) is 14.6. The summed E-state index contributed by atoms with van der Waals surface area (Å²) in [5.74, 6) is -0.865. The third-order valence-electron chi connectivity index (χ3n) is 3.83. The fourth-order valence-electron chi connectivity index (χ4n) is 2.46. The molecule has 0 radical (unpaired) electrons. The van der Waals surface area contributed by atoms with Gasteiger partial charge in [-0.2, -0.15) is 0 Å². The average Bonchev–Trinajstić information content (AvgIpc) is 2.80. The summed E-state index contributed by atoms with van der Waals surface area (Å²) < 4.78 is 0. The standard InChI is InChI=1S/C13H18N4O3/c1-13(11(18)19)5-2-3-10(13)17-12(20)15-7-9-4-6-14-8-16-9/h4,6,8,10H,2-3,5,7H2,1H3,(H,18,19)(H2,15,17,20). The van der Waals surface area contributed by atoms with E-state index in [9.17, 15) is 14.7 Å². The van der Waals surface area contributed by atoms with E-state index in [-0.39, 0.29) is 18.6 Å². The molecule has 20 heavy (non-hydrogen) atoms. The van der Waals surface area contributed by atoms with Gasteiger partial charge in [0.25, 0.3) is 0 Å². The molecule has 0 aromatic carbocycles. The molecule has 0 aliphatic heterocycles. The molecular weight excluding hydrogens is 260 g/mol. The van der Waals surface area contributed by atoms with Crippen LogP contribution in [0.25, 0.3) is 0 Å². The van der Waals surface area contributed by atoms with E-state index < -0.39 is 11.4 Å². The summed E-state index contributed by atoms with van der Waals surface area (Å²) in [6, 6.07) is 0.991. The minimum absolute atomic E-state index is 0.283. The second-order valence-corrected chi connectivity index (χ2v) is 5.20. The highest BCUT2D eigenvalue weighted by Gasteiger charge is 2.45. The number of urea groups is 1. The Balaban J connectivity index is 1.87. The maximum atomic E-state index is 11.8. The van der Waals surface area contributed by atoms with Gasteiger partial charge in [0, 0.05) is 12.2 Å². The third-order valence-corrected chi connectivity index (χ3v) is 3.83. The number of carbonyl (C=O) groups is 2. The van der Waals surface area contributed by atoms with E-state index in [1.165, 1.54) is 6.33 Å². The van der Waals surface area contributed by atoms with E-state index in [0.717, 1.165) is 6.42 Å². The van der Waals surface area contributed by atoms with Gasteiger partial charge in [0.1, 0.15) is 6.33 Å². The predicted molar refractivity (Wildman–Crippen MR) is 70.8 cm³/mol. The Morgan fingerprint density at radius 3 is 3.00 bits per heavy atom. The number of carboxylic acid groups (broad SMARTS) is 1. The number of hydrogen-bond donors (Lipinski definition) is 3. The Bertz CT molecular complexity index is 494. The predicted octanol–water partition coefficient (Wildman–Crippen LogP) is 0.919. The first-order valence-corrected chi connectivity index (χ1v) is 6.55. The molecule has 2 rings (SSSR count). The smallest absolute Gasteiger partial charge is 0.315 e. The van der Waals surface area contributed by atoms with E-state index in [4.69, 9.17) is 0 Å². The Morgan fingerprint density at radius 1 is 1.55 bits per heavy atom. The molecule has 1 aliphatic rings. The number of rotatable bonds is 4. The summed E-state index contributed by atoms with van der Waals surface area (Å²) in [6.07, 6.45) is 5.08. The molecule has 7 heteroatoms. The van der Waals surface area contributed by atoms with Gasteiger partial charge < -0.3 is 15.7 Å². The summed E-state index contributed by atoms with van der Waals surface area (Å²) in [5.41, 5.74) is -0.186. The number of aliphatic carboxylic acids is 1. The van der Waals surface area contributed by atoms with Gasteiger partial charge in [0.05, 0.1) is 17.7 Å². The van der Waals surface area contributed by atoms with E-state index >= 15 is 0 Å². The van der Waals surface area contributed by atoms with Gasteiger partial charge in [-0.3, -0.25) is 4.79 Å². The number of amides is 2. The van der Waals surface area contributed by atoms with Crippen molar-refractivity contribution in [1.29, 1.82) is 0 Å². The fraction of sp³-hybridized carbons (Fsp3) is 0.538. The van der Waals surface area contributed by atoms with Crippen LogP contribution in [-0.2, 0) is 11.3 Å². The quantitative estimate of drug-likeness (QED) is 0.759. The van der Waals surface area contributed by atoms with Crippen LogP contribution in [0.3, 0.4) is 0 Å². The molecule has 1 aromatic heterocycles. The van der Waals surface area contributed by atoms with Crippen molar-refractivity contribution in [3.05, 3.63) is 24.3 Å². The van der Waals surface area contributed by atoms with Crippen LogP contribution in [0.1, 0.15) is 31.9 Å². The molecule has 1 aliphatic carbocycles. The van der Waals surface area contributed by atoms with Crippen LogP contribution >= 0.6 is 0 Å². The maximum Gasteiger partial charge on any atom is 0.315 e. The summed E-state index contributed by atoms with van der Waals surface area (Å²) in [6.45, 7) is 1.96. The monoisotopic (exact) mass is 278 g/mol. The molecule has 0 saturated heterocycles. The van der Waals surface area contributed by atoms with Crippen molar-refractivity contribution in [1.82, 2.24) is 20.6 Å². The van der Waals surface area contributed by atoms with Crippen LogP contribution in [0.2, 0.25) is 0 Å². The van der Waals surface area contributed by atoms with Gasteiger partial charge in [-0.15, -0.1) is 0 Å². The van der Waals surface area contributed by atoms with Crippen molar-refractivity contribution < 1.29 is 14.7 Å². The Kier molecular flexibility index (Phi) is 4.16. The fourth-order valence-corrected chi connectivity index (χ4v) is 2.46. The summed E-state index contributed by atoms with van der Waals surface area (Å²) in [4.78, 5) is 30.9. The molecule has 1 aromatic rings. The van der Waals surface area contributed by atoms with Crippen LogP contribution in [0, 0.1) is 5.41 Å². The first kappa shape index (κ1) is 14.2. The molecular formula is C13H18N4O3. The van der Waals surface area contributed by atoms with Crippen molar-refractivity contribution in [2.45, 2.75) is 38.8 Å². The number of nitrogens with one attached hydrogen (secondary N) is 2. The Labute approximate surface area is 116 Å². The van der Waals surface area contributed by atoms with Crippen molar-refractivity contribution in [2.24, 2.45) is 5.41 Å². The lowest BCUT2D eigenvalue weighted by Crippen LogP contribution is -2.50. The summed E-state index contributed by atoms with van der Waals surface area (Å²) in [5, 5.41) is 14.7. The van der Waals surface area contributed by atoms with Crippen LogP contribution in [0.15, 0.2) is 18.6 Å². The lowest BCUT2D eigenvalue weighted by molar-refractivity contribution is -0.148. The lowest BCUT2D eigenvalue weighted by Gasteiger charge is -2.27. The van der Waals surface area contributed by atoms with E-state index in [0.29, 0.717) is 18.5 Å². The second kappa shape index (κ2) is 5.85. The van der Waals surface area contributed by atoms with Crippen LogP contribution < -0.4 is 10.6 Å². The molecule has 0 bridgehead atoms. The molecule has 1 saturated carbocycles. The average molecular weight is 278 g/mol. The minimum atomic E-state index is -0.883. The normalized spacial score (nSPS) is 25.1. The van der Waals surface area contributed by atoms with Gasteiger partial charge in [-0.25, -0.2) is 14.8 Å². The zero-order valence-corrected chi connectivity index (χ0v) is 11.3. The van der Waals surface area contributed by atoms with E-state index in [2.05, 4.69) is 20.6 Å². The van der Waals surface area contributed by atoms with Gasteiger partial charge in [0.2, 0.25) is 0 Å². The van der Waals surface area contributed by atoms with E-state index in [1.54, 1.807) is 19.2 Å². The Morgan fingerprint density at radius 2 is 2.35 bits per heavy atom.